The molecule has 10 heavy (non-hydrogen) atoms. The number of thiophene rings is 1. The van der Waals surface area contributed by atoms with E-state index in [-0.39, 0.29) is 0 Å². The monoisotopic (exact) mass is 170 g/mol. The van der Waals surface area contributed by atoms with Gasteiger partial charge in [-0.2, -0.15) is 0 Å². The van der Waals surface area contributed by atoms with Crippen molar-refractivity contribution in [2.24, 2.45) is 0 Å². The molecular weight excluding hydrogens is 164 g/mol. The van der Waals surface area contributed by atoms with Crippen molar-refractivity contribution in [1.82, 2.24) is 0 Å². The Morgan fingerprint density at radius 1 is 1.70 bits per heavy atom. The van der Waals surface area contributed by atoms with Crippen LogP contribution >= 0.6 is 22.9 Å². The number of hydrogen-bond donors (Lipinski definition) is 0. The van der Waals surface area contributed by atoms with Gasteiger partial charge in [0.2, 0.25) is 0 Å². The Morgan fingerprint density at radius 3 is 3.00 bits per heavy atom. The van der Waals surface area contributed by atoms with Gasteiger partial charge in [-0.15, -0.1) is 22.9 Å². The summed E-state index contributed by atoms with van der Waals surface area (Å²) in [5.41, 5.74) is 1.24. The fraction of sp³-hybridized carbons (Fsp3) is 0.250. The number of halogens is 1. The van der Waals surface area contributed by atoms with E-state index in [1.54, 1.807) is 11.3 Å². The molecule has 0 radical (unpaired) electrons. The van der Waals surface area contributed by atoms with Crippen LogP contribution in [-0.4, -0.2) is 5.88 Å². The van der Waals surface area contributed by atoms with Crippen molar-refractivity contribution in [2.45, 2.75) is 6.92 Å². The number of rotatable bonds is 0. The van der Waals surface area contributed by atoms with E-state index in [2.05, 4.69) is 24.8 Å². The van der Waals surface area contributed by atoms with Gasteiger partial charge in [-0.3, -0.25) is 0 Å². The first-order chi connectivity index (χ1) is 4.84. The van der Waals surface area contributed by atoms with E-state index in [0.29, 0.717) is 5.88 Å². The van der Waals surface area contributed by atoms with E-state index in [1.165, 1.54) is 5.56 Å². The Morgan fingerprint density at radius 2 is 2.50 bits per heavy atom. The smallest absolute Gasteiger partial charge is 0.0839 e. The van der Waals surface area contributed by atoms with Crippen LogP contribution in [0, 0.1) is 18.8 Å². The highest BCUT2D eigenvalue weighted by molar-refractivity contribution is 7.10. The Kier molecular flexibility index (Phi) is 2.80. The molecule has 1 heterocycles. The zero-order valence-corrected chi connectivity index (χ0v) is 7.22. The molecule has 0 spiro atoms. The van der Waals surface area contributed by atoms with Gasteiger partial charge in [0.15, 0.2) is 0 Å². The van der Waals surface area contributed by atoms with Crippen molar-refractivity contribution in [3.63, 3.8) is 0 Å². The second-order valence-corrected chi connectivity index (χ2v) is 3.05. The summed E-state index contributed by atoms with van der Waals surface area (Å²) in [7, 11) is 0. The van der Waals surface area contributed by atoms with Crippen LogP contribution in [0.1, 0.15) is 10.4 Å². The highest BCUT2D eigenvalue weighted by Gasteiger charge is 1.91. The van der Waals surface area contributed by atoms with Crippen LogP contribution in [0.4, 0.5) is 0 Å². The molecule has 0 aliphatic heterocycles. The summed E-state index contributed by atoms with van der Waals surface area (Å²) in [6, 6.07) is 2.06. The second-order valence-electron chi connectivity index (χ2n) is 1.87. The zero-order chi connectivity index (χ0) is 7.40. The predicted octanol–water partition coefficient (Wildman–Crippen LogP) is 2.65. The van der Waals surface area contributed by atoms with Crippen molar-refractivity contribution in [3.05, 3.63) is 21.9 Å². The lowest BCUT2D eigenvalue weighted by molar-refractivity contribution is 1.53. The minimum absolute atomic E-state index is 0.414. The molecule has 0 saturated heterocycles. The van der Waals surface area contributed by atoms with Crippen LogP contribution in [0.25, 0.3) is 0 Å². The summed E-state index contributed by atoms with van der Waals surface area (Å²) in [4.78, 5) is 1.13. The molecule has 0 aliphatic carbocycles. The summed E-state index contributed by atoms with van der Waals surface area (Å²) in [6.07, 6.45) is 0. The minimum atomic E-state index is 0.414. The number of alkyl halides is 1. The molecule has 52 valence electrons. The first-order valence-corrected chi connectivity index (χ1v) is 4.35. The van der Waals surface area contributed by atoms with Gasteiger partial charge in [0.25, 0.3) is 0 Å². The largest absolute Gasteiger partial charge is 0.135 e. The molecule has 0 fully saturated rings. The summed E-state index contributed by atoms with van der Waals surface area (Å²) in [5.74, 6) is 6.21. The summed E-state index contributed by atoms with van der Waals surface area (Å²) >= 11 is 7.06. The molecule has 1 rings (SSSR count). The highest BCUT2D eigenvalue weighted by atomic mass is 35.5. The van der Waals surface area contributed by atoms with Gasteiger partial charge in [-0.25, -0.2) is 0 Å². The van der Waals surface area contributed by atoms with Gasteiger partial charge < -0.3 is 0 Å². The molecule has 1 aromatic rings. The SMILES string of the molecule is Cc1ccsc1C#CCCl. The molecule has 0 N–H and O–H groups in total. The summed E-state index contributed by atoms with van der Waals surface area (Å²) < 4.78 is 0. The number of hydrogen-bond acceptors (Lipinski definition) is 1. The first-order valence-electron chi connectivity index (χ1n) is 2.93. The molecule has 0 nitrogen and oxygen atoms in total. The van der Waals surface area contributed by atoms with Gasteiger partial charge >= 0.3 is 0 Å². The molecule has 0 bridgehead atoms. The van der Waals surface area contributed by atoms with Crippen molar-refractivity contribution in [3.8, 4) is 11.8 Å². The fourth-order valence-electron chi connectivity index (χ4n) is 0.614. The standard InChI is InChI=1S/C8H7ClS/c1-7-4-6-10-8(7)3-2-5-9/h4,6H,5H2,1H3. The predicted molar refractivity (Wildman–Crippen MR) is 46.7 cm³/mol. The van der Waals surface area contributed by atoms with Crippen LogP contribution in [-0.2, 0) is 0 Å². The minimum Gasteiger partial charge on any atom is -0.135 e. The molecule has 0 saturated carbocycles. The molecule has 0 atom stereocenters. The van der Waals surface area contributed by atoms with E-state index in [1.807, 2.05) is 5.38 Å². The Labute approximate surface area is 69.8 Å². The van der Waals surface area contributed by atoms with Gasteiger partial charge in [0.05, 0.1) is 10.8 Å². The maximum atomic E-state index is 5.40. The van der Waals surface area contributed by atoms with Crippen molar-refractivity contribution in [1.29, 1.82) is 0 Å². The fourth-order valence-corrected chi connectivity index (χ4v) is 1.47. The quantitative estimate of drug-likeness (QED) is 0.415. The van der Waals surface area contributed by atoms with Gasteiger partial charge in [-0.1, -0.05) is 11.8 Å². The van der Waals surface area contributed by atoms with E-state index in [4.69, 9.17) is 11.6 Å². The van der Waals surface area contributed by atoms with Crippen LogP contribution in [0.3, 0.4) is 0 Å². The molecule has 0 aliphatic rings. The van der Waals surface area contributed by atoms with Crippen molar-refractivity contribution < 1.29 is 0 Å². The molecular formula is C8H7ClS. The van der Waals surface area contributed by atoms with Gasteiger partial charge in [-0.05, 0) is 23.9 Å². The van der Waals surface area contributed by atoms with E-state index in [0.717, 1.165) is 4.88 Å². The van der Waals surface area contributed by atoms with E-state index in [9.17, 15) is 0 Å². The molecule has 0 aromatic carbocycles. The Balaban J connectivity index is 2.84. The number of aryl methyl sites for hydroxylation is 1. The lowest BCUT2D eigenvalue weighted by atomic mass is 10.3. The molecule has 2 heteroatoms. The normalized spacial score (nSPS) is 8.60. The van der Waals surface area contributed by atoms with Crippen LogP contribution in [0.15, 0.2) is 11.4 Å². The maximum absolute atomic E-state index is 5.40. The van der Waals surface area contributed by atoms with E-state index < -0.39 is 0 Å². The van der Waals surface area contributed by atoms with Crippen LogP contribution in [0.2, 0.25) is 0 Å². The molecule has 0 unspecified atom stereocenters. The van der Waals surface area contributed by atoms with Gasteiger partial charge in [0, 0.05) is 0 Å². The van der Waals surface area contributed by atoms with Crippen LogP contribution in [0.5, 0.6) is 0 Å². The first kappa shape index (κ1) is 7.65. The third-order valence-corrected chi connectivity index (χ3v) is 2.20. The average molecular weight is 171 g/mol. The molecule has 0 amide bonds. The zero-order valence-electron chi connectivity index (χ0n) is 5.65. The average Bonchev–Trinajstić information content (AvgIpc) is 2.31. The summed E-state index contributed by atoms with van der Waals surface area (Å²) in [6.45, 7) is 2.05. The second kappa shape index (κ2) is 3.65. The maximum Gasteiger partial charge on any atom is 0.0839 e. The Hall–Kier alpha value is -0.450. The molecule has 1 aromatic heterocycles. The lowest BCUT2D eigenvalue weighted by Crippen LogP contribution is -1.69. The lowest BCUT2D eigenvalue weighted by Gasteiger charge is -1.81. The third-order valence-electron chi connectivity index (χ3n) is 1.13. The summed E-state index contributed by atoms with van der Waals surface area (Å²) in [5, 5.41) is 2.04. The van der Waals surface area contributed by atoms with Crippen molar-refractivity contribution in [2.75, 3.05) is 5.88 Å². The topological polar surface area (TPSA) is 0 Å². The van der Waals surface area contributed by atoms with Crippen LogP contribution < -0.4 is 0 Å². The highest BCUT2D eigenvalue weighted by Crippen LogP contribution is 2.13. The van der Waals surface area contributed by atoms with Crippen molar-refractivity contribution >= 4 is 22.9 Å². The van der Waals surface area contributed by atoms with Gasteiger partial charge in [0.1, 0.15) is 0 Å². The Bertz CT molecular complexity index is 264. The third kappa shape index (κ3) is 1.76. The van der Waals surface area contributed by atoms with E-state index >= 15 is 0 Å².